The predicted molar refractivity (Wildman–Crippen MR) is 77.7 cm³/mol. The van der Waals surface area contributed by atoms with Crippen LogP contribution in [0.4, 0.5) is 0 Å². The van der Waals surface area contributed by atoms with Crippen molar-refractivity contribution in [3.8, 4) is 11.3 Å². The lowest BCUT2D eigenvalue weighted by molar-refractivity contribution is -0.684. The van der Waals surface area contributed by atoms with Crippen molar-refractivity contribution in [1.82, 2.24) is 10.3 Å². The van der Waals surface area contributed by atoms with Crippen molar-refractivity contribution in [2.75, 3.05) is 6.54 Å². The average Bonchev–Trinajstić information content (AvgIpc) is 2.87. The van der Waals surface area contributed by atoms with Crippen LogP contribution in [0.15, 0.2) is 37.1 Å². The molecule has 0 unspecified atom stereocenters. The minimum atomic E-state index is -0.0162. The van der Waals surface area contributed by atoms with Gasteiger partial charge in [-0.2, -0.15) is 4.57 Å². The number of nitrogens with zero attached hydrogens (tertiary/aromatic N) is 1. The van der Waals surface area contributed by atoms with E-state index in [2.05, 4.69) is 16.9 Å². The fraction of sp³-hybridized carbons (Fsp3) is 0.200. The molecule has 2 N–H and O–H groups in total. The Morgan fingerprint density at radius 2 is 2.24 bits per heavy atom. The molecule has 6 heteroatoms. The highest BCUT2D eigenvalue weighted by Gasteiger charge is 2.20. The molecule has 0 bridgehead atoms. The first-order valence-electron chi connectivity index (χ1n) is 6.49. The lowest BCUT2D eigenvalue weighted by atomic mass is 10.1. The molecule has 0 aliphatic carbocycles. The van der Waals surface area contributed by atoms with Gasteiger partial charge in [0, 0.05) is 42.0 Å². The highest BCUT2D eigenvalue weighted by atomic mass is 79.9. The molecule has 1 amide bonds. The quantitative estimate of drug-likeness (QED) is 0.412. The number of aromatic nitrogens is 2. The summed E-state index contributed by atoms with van der Waals surface area (Å²) in [7, 11) is 0. The zero-order valence-corrected chi connectivity index (χ0v) is 13.7. The molecule has 3 rings (SSSR count). The largest absolute Gasteiger partial charge is 1.00 e. The topological polar surface area (TPSA) is 48.8 Å². The number of rotatable bonds is 3. The number of halogens is 2. The van der Waals surface area contributed by atoms with E-state index < -0.39 is 0 Å². The summed E-state index contributed by atoms with van der Waals surface area (Å²) in [5, 5.41) is 3.48. The fourth-order valence-corrected chi connectivity index (χ4v) is 2.65. The van der Waals surface area contributed by atoms with Gasteiger partial charge in [0.25, 0.3) is 11.1 Å². The molecule has 0 spiro atoms. The van der Waals surface area contributed by atoms with Crippen LogP contribution < -0.4 is 26.9 Å². The van der Waals surface area contributed by atoms with Gasteiger partial charge < -0.3 is 27.3 Å². The Morgan fingerprint density at radius 3 is 2.90 bits per heavy atom. The first-order chi connectivity index (χ1) is 9.69. The zero-order valence-electron chi connectivity index (χ0n) is 11.3. The molecule has 0 atom stereocenters. The fourth-order valence-electron chi connectivity index (χ4n) is 2.40. The van der Waals surface area contributed by atoms with Crippen LogP contribution in [0.3, 0.4) is 0 Å². The van der Waals surface area contributed by atoms with Crippen molar-refractivity contribution in [3.05, 3.63) is 53.5 Å². The highest BCUT2D eigenvalue weighted by Crippen LogP contribution is 2.24. The van der Waals surface area contributed by atoms with E-state index in [4.69, 9.17) is 11.6 Å². The van der Waals surface area contributed by atoms with Gasteiger partial charge in [0.1, 0.15) is 0 Å². The molecule has 4 nitrogen and oxygen atoms in total. The summed E-state index contributed by atoms with van der Waals surface area (Å²) in [6, 6.07) is 5.75. The molecule has 0 fully saturated rings. The van der Waals surface area contributed by atoms with Crippen LogP contribution in [0.1, 0.15) is 16.1 Å². The Balaban J connectivity index is 0.00000161. The van der Waals surface area contributed by atoms with Crippen LogP contribution >= 0.6 is 11.6 Å². The number of aromatic amines is 1. The van der Waals surface area contributed by atoms with Crippen LogP contribution in [0.2, 0.25) is 5.15 Å². The van der Waals surface area contributed by atoms with Crippen LogP contribution in [0.5, 0.6) is 0 Å². The monoisotopic (exact) mass is 367 g/mol. The van der Waals surface area contributed by atoms with Gasteiger partial charge in [0.15, 0.2) is 12.7 Å². The molecule has 0 aromatic carbocycles. The van der Waals surface area contributed by atoms with Gasteiger partial charge in [-0.05, 0) is 23.7 Å². The van der Waals surface area contributed by atoms with E-state index in [0.29, 0.717) is 18.2 Å². The minimum absolute atomic E-state index is 0. The van der Waals surface area contributed by atoms with Crippen molar-refractivity contribution in [2.45, 2.75) is 13.0 Å². The maximum atomic E-state index is 11.8. The van der Waals surface area contributed by atoms with E-state index >= 15 is 0 Å². The Hall–Kier alpha value is -1.59. The van der Waals surface area contributed by atoms with E-state index in [-0.39, 0.29) is 22.9 Å². The lowest BCUT2D eigenvalue weighted by Crippen LogP contribution is -3.00. The Bertz CT molecular complexity index is 696. The van der Waals surface area contributed by atoms with Crippen LogP contribution in [-0.2, 0) is 13.0 Å². The molecule has 0 radical (unpaired) electrons. The van der Waals surface area contributed by atoms with Gasteiger partial charge in [0.05, 0.1) is 5.56 Å². The SMILES string of the molecule is C=CC[n+]1ccc(-c2cc3c([nH]2)CCNC3=O)cc1Cl.[Br-]. The predicted octanol–water partition coefficient (Wildman–Crippen LogP) is -0.901. The van der Waals surface area contributed by atoms with Crippen molar-refractivity contribution in [2.24, 2.45) is 0 Å². The van der Waals surface area contributed by atoms with E-state index in [1.54, 1.807) is 6.08 Å². The Morgan fingerprint density at radius 1 is 1.43 bits per heavy atom. The smallest absolute Gasteiger partial charge is 0.275 e. The summed E-state index contributed by atoms with van der Waals surface area (Å²) in [5.41, 5.74) is 3.60. The lowest BCUT2D eigenvalue weighted by Gasteiger charge is -2.10. The number of allylic oxidation sites excluding steroid dienone is 1. The molecular weight excluding hydrogens is 354 g/mol. The molecule has 2 aromatic heterocycles. The van der Waals surface area contributed by atoms with Gasteiger partial charge in [-0.15, -0.1) is 0 Å². The van der Waals surface area contributed by atoms with Crippen LogP contribution in [0, 0.1) is 0 Å². The summed E-state index contributed by atoms with van der Waals surface area (Å²) in [4.78, 5) is 15.1. The molecule has 1 aliphatic rings. The number of carbonyl (C=O) groups excluding carboxylic acids is 1. The van der Waals surface area contributed by atoms with E-state index in [1.807, 2.05) is 29.0 Å². The van der Waals surface area contributed by atoms with Crippen molar-refractivity contribution in [1.29, 1.82) is 0 Å². The van der Waals surface area contributed by atoms with E-state index in [1.165, 1.54) is 0 Å². The third kappa shape index (κ3) is 3.04. The van der Waals surface area contributed by atoms with Gasteiger partial charge in [-0.1, -0.05) is 6.58 Å². The zero-order chi connectivity index (χ0) is 14.1. The number of hydrogen-bond acceptors (Lipinski definition) is 1. The standard InChI is InChI=1S/C15H14ClN3O.BrH/c1-2-6-19-7-4-10(8-14(19)16)13-9-11-12(18-13)3-5-17-15(11)20;/h2,4,7-9H,1,3,5-6H2,(H,17,20);1H. The first-order valence-corrected chi connectivity index (χ1v) is 6.87. The molecule has 3 heterocycles. The van der Waals surface area contributed by atoms with Gasteiger partial charge in [-0.25, -0.2) is 0 Å². The average molecular weight is 369 g/mol. The molecule has 0 saturated heterocycles. The van der Waals surface area contributed by atoms with Crippen molar-refractivity contribution < 1.29 is 26.3 Å². The van der Waals surface area contributed by atoms with Gasteiger partial charge >= 0.3 is 0 Å². The Labute approximate surface area is 138 Å². The number of carbonyl (C=O) groups is 1. The molecule has 2 aromatic rings. The number of H-pyrrole nitrogens is 1. The maximum Gasteiger partial charge on any atom is 0.275 e. The molecule has 1 aliphatic heterocycles. The highest BCUT2D eigenvalue weighted by molar-refractivity contribution is 6.28. The number of nitrogens with one attached hydrogen (secondary N) is 2. The second kappa shape index (κ2) is 6.45. The van der Waals surface area contributed by atoms with Crippen molar-refractivity contribution in [3.63, 3.8) is 0 Å². The third-order valence-electron chi connectivity index (χ3n) is 3.42. The number of fused-ring (bicyclic) bond motifs is 1. The summed E-state index contributed by atoms with van der Waals surface area (Å²) >= 11 is 6.24. The second-order valence-corrected chi connectivity index (χ2v) is 5.15. The summed E-state index contributed by atoms with van der Waals surface area (Å²) in [6.07, 6.45) is 4.54. The van der Waals surface area contributed by atoms with Crippen LogP contribution in [-0.4, -0.2) is 17.4 Å². The number of pyridine rings is 1. The van der Waals surface area contributed by atoms with E-state index in [9.17, 15) is 4.79 Å². The number of hydrogen-bond donors (Lipinski definition) is 2. The molecule has 21 heavy (non-hydrogen) atoms. The summed E-state index contributed by atoms with van der Waals surface area (Å²) in [6.45, 7) is 5.05. The normalized spacial score (nSPS) is 13.1. The van der Waals surface area contributed by atoms with Crippen LogP contribution in [0.25, 0.3) is 11.3 Å². The van der Waals surface area contributed by atoms with Crippen molar-refractivity contribution >= 4 is 17.5 Å². The maximum absolute atomic E-state index is 11.8. The third-order valence-corrected chi connectivity index (χ3v) is 3.75. The summed E-state index contributed by atoms with van der Waals surface area (Å²) in [5.74, 6) is -0.0162. The molecular formula is C15H15BrClN3O. The molecule has 0 saturated carbocycles. The van der Waals surface area contributed by atoms with E-state index in [0.717, 1.165) is 28.9 Å². The Kier molecular flexibility index (Phi) is 4.85. The van der Waals surface area contributed by atoms with Gasteiger partial charge in [-0.3, -0.25) is 4.79 Å². The second-order valence-electron chi connectivity index (χ2n) is 4.76. The first kappa shape index (κ1) is 15.8. The summed E-state index contributed by atoms with van der Waals surface area (Å²) < 4.78 is 1.90. The van der Waals surface area contributed by atoms with Gasteiger partial charge in [0.2, 0.25) is 0 Å². The minimum Gasteiger partial charge on any atom is -1.00 e. The number of amides is 1. The molecule has 110 valence electrons.